The van der Waals surface area contributed by atoms with E-state index in [1.807, 2.05) is 19.1 Å². The molecule has 0 saturated heterocycles. The first-order chi connectivity index (χ1) is 6.27. The quantitative estimate of drug-likeness (QED) is 0.713. The molecular weight excluding hydrogens is 162 g/mol. The first kappa shape index (κ1) is 9.68. The van der Waals surface area contributed by atoms with E-state index in [9.17, 15) is 0 Å². The fourth-order valence-electron chi connectivity index (χ4n) is 1.08. The van der Waals surface area contributed by atoms with Gasteiger partial charge in [-0.05, 0) is 18.6 Å². The lowest BCUT2D eigenvalue weighted by Crippen LogP contribution is -1.93. The van der Waals surface area contributed by atoms with Crippen molar-refractivity contribution in [3.63, 3.8) is 0 Å². The maximum absolute atomic E-state index is 9.04. The van der Waals surface area contributed by atoms with Crippen LogP contribution < -0.4 is 0 Å². The predicted octanol–water partition coefficient (Wildman–Crippen LogP) is 2.08. The van der Waals surface area contributed by atoms with Gasteiger partial charge in [0.25, 0.3) is 0 Å². The molecule has 0 amide bonds. The zero-order valence-corrected chi connectivity index (χ0v) is 7.70. The summed E-state index contributed by atoms with van der Waals surface area (Å²) in [7, 11) is 0. The molecule has 0 aliphatic carbocycles. The van der Waals surface area contributed by atoms with Crippen LogP contribution in [0.2, 0.25) is 0 Å². The minimum Gasteiger partial charge on any atom is -0.392 e. The van der Waals surface area contributed by atoms with Crippen LogP contribution in [0.5, 0.6) is 0 Å². The largest absolute Gasteiger partial charge is 0.392 e. The summed E-state index contributed by atoms with van der Waals surface area (Å²) < 4.78 is 0. The van der Waals surface area contributed by atoms with Crippen LogP contribution in [0, 0.1) is 6.92 Å². The van der Waals surface area contributed by atoms with E-state index in [-0.39, 0.29) is 6.61 Å². The molecule has 68 valence electrons. The van der Waals surface area contributed by atoms with Crippen molar-refractivity contribution in [3.05, 3.63) is 47.8 Å². The van der Waals surface area contributed by atoms with Crippen molar-refractivity contribution in [1.82, 2.24) is 4.98 Å². The smallest absolute Gasteiger partial charge is 0.0703 e. The van der Waals surface area contributed by atoms with Gasteiger partial charge in [-0.25, -0.2) is 0 Å². The molecule has 0 radical (unpaired) electrons. The van der Waals surface area contributed by atoms with Crippen molar-refractivity contribution in [2.75, 3.05) is 0 Å². The summed E-state index contributed by atoms with van der Waals surface area (Å²) in [5.41, 5.74) is 2.70. The van der Waals surface area contributed by atoms with E-state index in [2.05, 4.69) is 11.6 Å². The zero-order chi connectivity index (χ0) is 9.68. The summed E-state index contributed by atoms with van der Waals surface area (Å²) in [5.74, 6) is 0. The van der Waals surface area contributed by atoms with Crippen molar-refractivity contribution in [3.8, 4) is 0 Å². The molecule has 2 heteroatoms. The van der Waals surface area contributed by atoms with Gasteiger partial charge in [0.15, 0.2) is 0 Å². The average molecular weight is 175 g/mol. The van der Waals surface area contributed by atoms with Gasteiger partial charge in [-0.1, -0.05) is 24.8 Å². The van der Waals surface area contributed by atoms with Crippen LogP contribution in [0.4, 0.5) is 0 Å². The Bertz CT molecular complexity index is 329. The van der Waals surface area contributed by atoms with Gasteiger partial charge in [-0.2, -0.15) is 0 Å². The Morgan fingerprint density at radius 1 is 1.62 bits per heavy atom. The summed E-state index contributed by atoms with van der Waals surface area (Å²) in [6.07, 6.45) is 7.10. The average Bonchev–Trinajstić information content (AvgIpc) is 2.16. The van der Waals surface area contributed by atoms with Gasteiger partial charge in [0, 0.05) is 11.8 Å². The fourth-order valence-corrected chi connectivity index (χ4v) is 1.08. The van der Waals surface area contributed by atoms with Crippen LogP contribution in [-0.2, 0) is 6.61 Å². The molecule has 0 aromatic carbocycles. The molecule has 0 fully saturated rings. The second-order valence-electron chi connectivity index (χ2n) is 2.81. The third-order valence-electron chi connectivity index (χ3n) is 1.70. The van der Waals surface area contributed by atoms with E-state index in [0.29, 0.717) is 0 Å². The van der Waals surface area contributed by atoms with Crippen molar-refractivity contribution in [1.29, 1.82) is 0 Å². The van der Waals surface area contributed by atoms with Gasteiger partial charge in [0.2, 0.25) is 0 Å². The number of aryl methyl sites for hydroxylation is 1. The molecule has 0 atom stereocenters. The molecule has 0 unspecified atom stereocenters. The number of rotatable bonds is 3. The molecule has 13 heavy (non-hydrogen) atoms. The first-order valence-electron chi connectivity index (χ1n) is 4.13. The number of aliphatic hydroxyl groups excluding tert-OH is 1. The van der Waals surface area contributed by atoms with Crippen molar-refractivity contribution in [2.24, 2.45) is 0 Å². The van der Waals surface area contributed by atoms with Crippen LogP contribution in [0.15, 0.2) is 31.0 Å². The van der Waals surface area contributed by atoms with Gasteiger partial charge < -0.3 is 5.11 Å². The molecule has 1 N–H and O–H groups in total. The number of hydrogen-bond donors (Lipinski definition) is 1. The minimum absolute atomic E-state index is 0.0193. The molecule has 1 heterocycles. The maximum Gasteiger partial charge on any atom is 0.0703 e. The lowest BCUT2D eigenvalue weighted by molar-refractivity contribution is 0.281. The van der Waals surface area contributed by atoms with Crippen LogP contribution in [0.1, 0.15) is 16.8 Å². The van der Waals surface area contributed by atoms with E-state index in [1.54, 1.807) is 18.3 Å². The van der Waals surface area contributed by atoms with Crippen molar-refractivity contribution in [2.45, 2.75) is 13.5 Å². The van der Waals surface area contributed by atoms with E-state index < -0.39 is 0 Å². The molecule has 2 nitrogen and oxygen atoms in total. The van der Waals surface area contributed by atoms with Gasteiger partial charge in [-0.3, -0.25) is 4.98 Å². The highest BCUT2D eigenvalue weighted by Gasteiger charge is 1.98. The Kier molecular flexibility index (Phi) is 3.41. The topological polar surface area (TPSA) is 33.1 Å². The summed E-state index contributed by atoms with van der Waals surface area (Å²) in [6, 6.07) is 1.93. The Morgan fingerprint density at radius 3 is 3.00 bits per heavy atom. The van der Waals surface area contributed by atoms with Crippen LogP contribution >= 0.6 is 0 Å². The highest BCUT2D eigenvalue weighted by molar-refractivity contribution is 5.51. The van der Waals surface area contributed by atoms with Crippen LogP contribution in [0.3, 0.4) is 0 Å². The Labute approximate surface area is 78.3 Å². The van der Waals surface area contributed by atoms with E-state index in [4.69, 9.17) is 5.11 Å². The zero-order valence-electron chi connectivity index (χ0n) is 7.70. The number of allylic oxidation sites excluding steroid dienone is 2. The molecule has 1 aromatic heterocycles. The maximum atomic E-state index is 9.04. The number of pyridine rings is 1. The SMILES string of the molecule is C=C/C=C\c1ncc(C)cc1CO. The van der Waals surface area contributed by atoms with E-state index in [1.165, 1.54) is 0 Å². The molecule has 0 saturated carbocycles. The van der Waals surface area contributed by atoms with Gasteiger partial charge in [0.1, 0.15) is 0 Å². The molecule has 0 aliphatic rings. The monoisotopic (exact) mass is 175 g/mol. The van der Waals surface area contributed by atoms with Gasteiger partial charge in [0.05, 0.1) is 12.3 Å². The summed E-state index contributed by atoms with van der Waals surface area (Å²) in [4.78, 5) is 4.19. The van der Waals surface area contributed by atoms with Crippen molar-refractivity contribution < 1.29 is 5.11 Å². The summed E-state index contributed by atoms with van der Waals surface area (Å²) >= 11 is 0. The standard InChI is InChI=1S/C11H13NO/c1-3-4-5-11-10(8-13)6-9(2)7-12-11/h3-7,13H,1,8H2,2H3/b5-4-. The number of nitrogens with zero attached hydrogens (tertiary/aromatic N) is 1. The third kappa shape index (κ3) is 2.53. The molecule has 1 rings (SSSR count). The Balaban J connectivity index is 3.05. The van der Waals surface area contributed by atoms with E-state index in [0.717, 1.165) is 16.8 Å². The normalized spacial score (nSPS) is 10.6. The van der Waals surface area contributed by atoms with Crippen LogP contribution in [0.25, 0.3) is 6.08 Å². The minimum atomic E-state index is 0.0193. The first-order valence-corrected chi connectivity index (χ1v) is 4.13. The molecule has 0 spiro atoms. The second kappa shape index (κ2) is 4.58. The van der Waals surface area contributed by atoms with Gasteiger partial charge >= 0.3 is 0 Å². The fraction of sp³-hybridized carbons (Fsp3) is 0.182. The van der Waals surface area contributed by atoms with Crippen LogP contribution in [-0.4, -0.2) is 10.1 Å². The Morgan fingerprint density at radius 2 is 2.38 bits per heavy atom. The number of aliphatic hydroxyl groups is 1. The molecule has 0 aliphatic heterocycles. The lowest BCUT2D eigenvalue weighted by Gasteiger charge is -2.02. The molecule has 1 aromatic rings. The Hall–Kier alpha value is -1.41. The van der Waals surface area contributed by atoms with E-state index >= 15 is 0 Å². The highest BCUT2D eigenvalue weighted by Crippen LogP contribution is 2.09. The van der Waals surface area contributed by atoms with Gasteiger partial charge in [-0.15, -0.1) is 0 Å². The third-order valence-corrected chi connectivity index (χ3v) is 1.70. The predicted molar refractivity (Wildman–Crippen MR) is 54.1 cm³/mol. The molecular formula is C11H13NO. The summed E-state index contributed by atoms with van der Waals surface area (Å²) in [5, 5.41) is 9.04. The lowest BCUT2D eigenvalue weighted by atomic mass is 10.1. The number of hydrogen-bond acceptors (Lipinski definition) is 2. The molecule has 0 bridgehead atoms. The summed E-state index contributed by atoms with van der Waals surface area (Å²) in [6.45, 7) is 5.54. The number of aromatic nitrogens is 1. The second-order valence-corrected chi connectivity index (χ2v) is 2.81. The van der Waals surface area contributed by atoms with Crippen molar-refractivity contribution >= 4 is 6.08 Å². The highest BCUT2D eigenvalue weighted by atomic mass is 16.3.